The summed E-state index contributed by atoms with van der Waals surface area (Å²) < 4.78 is 11.0. The Hall–Kier alpha value is -1.13. The molecule has 0 saturated carbocycles. The highest BCUT2D eigenvalue weighted by Crippen LogP contribution is 2.15. The van der Waals surface area contributed by atoms with Gasteiger partial charge < -0.3 is 20.1 Å². The Morgan fingerprint density at radius 3 is 2.81 bits per heavy atom. The van der Waals surface area contributed by atoms with E-state index in [1.54, 1.807) is 6.20 Å². The monoisotopic (exact) mass is 477 g/mol. The van der Waals surface area contributed by atoms with Crippen molar-refractivity contribution in [3.8, 4) is 5.88 Å². The highest BCUT2D eigenvalue weighted by Gasteiger charge is 2.17. The number of aliphatic imine (C=N–C) groups is 1. The van der Waals surface area contributed by atoms with Crippen LogP contribution in [0, 0.1) is 0 Å². The molecule has 1 unspecified atom stereocenters. The lowest BCUT2D eigenvalue weighted by Gasteiger charge is -2.32. The van der Waals surface area contributed by atoms with E-state index >= 15 is 0 Å². The number of guanidine groups is 1. The summed E-state index contributed by atoms with van der Waals surface area (Å²) >= 11 is 0. The number of hydrogen-bond donors (Lipinski definition) is 2. The van der Waals surface area contributed by atoms with Crippen LogP contribution in [-0.2, 0) is 11.3 Å². The summed E-state index contributed by atoms with van der Waals surface area (Å²) in [6.07, 6.45) is 1.74. The molecule has 2 N–H and O–H groups in total. The molecule has 1 fully saturated rings. The minimum atomic E-state index is 0. The van der Waals surface area contributed by atoms with Crippen LogP contribution in [0.2, 0.25) is 0 Å². The average molecular weight is 477 g/mol. The fourth-order valence-corrected chi connectivity index (χ4v) is 2.71. The van der Waals surface area contributed by atoms with Crippen LogP contribution in [0.3, 0.4) is 0 Å². The molecule has 1 aliphatic rings. The molecule has 2 rings (SSSR count). The minimum Gasteiger partial charge on any atom is -0.478 e. The Morgan fingerprint density at radius 2 is 2.12 bits per heavy atom. The van der Waals surface area contributed by atoms with Gasteiger partial charge in [0, 0.05) is 44.0 Å². The predicted octanol–water partition coefficient (Wildman–Crippen LogP) is 1.87. The second-order valence-corrected chi connectivity index (χ2v) is 5.97. The van der Waals surface area contributed by atoms with Gasteiger partial charge in [-0.2, -0.15) is 0 Å². The second kappa shape index (κ2) is 13.1. The standard InChI is InChI=1S/C18H31N5O2.HI/c1-4-19-18(21-13-15(3)23-9-11-24-12-10-23)22-14-16-7-6-8-20-17(16)25-5-2;/h6-8,15H,4-5,9-14H2,1-3H3,(H2,19,21,22);1H. The number of hydrogen-bond acceptors (Lipinski definition) is 5. The van der Waals surface area contributed by atoms with Crippen LogP contribution in [0.15, 0.2) is 23.3 Å². The third kappa shape index (κ3) is 7.63. The van der Waals surface area contributed by atoms with Crippen LogP contribution < -0.4 is 15.4 Å². The van der Waals surface area contributed by atoms with Crippen LogP contribution in [0.1, 0.15) is 26.3 Å². The highest BCUT2D eigenvalue weighted by molar-refractivity contribution is 14.0. The summed E-state index contributed by atoms with van der Waals surface area (Å²) in [5, 5.41) is 6.73. The molecule has 0 amide bonds. The number of morpholine rings is 1. The number of ether oxygens (including phenoxy) is 2. The highest BCUT2D eigenvalue weighted by atomic mass is 127. The Labute approximate surface area is 174 Å². The third-order valence-electron chi connectivity index (χ3n) is 4.12. The van der Waals surface area contributed by atoms with Crippen LogP contribution in [-0.4, -0.2) is 67.9 Å². The van der Waals surface area contributed by atoms with Crippen LogP contribution in [0.4, 0.5) is 0 Å². The molecule has 1 atom stereocenters. The number of halogens is 1. The lowest BCUT2D eigenvalue weighted by Crippen LogP contribution is -2.49. The molecule has 0 bridgehead atoms. The van der Waals surface area contributed by atoms with Crippen molar-refractivity contribution >= 4 is 29.9 Å². The van der Waals surface area contributed by atoms with E-state index in [4.69, 9.17) is 9.47 Å². The van der Waals surface area contributed by atoms with Gasteiger partial charge in [-0.25, -0.2) is 9.98 Å². The maximum atomic E-state index is 5.57. The number of nitrogens with zero attached hydrogens (tertiary/aromatic N) is 3. The normalized spacial score (nSPS) is 16.5. The summed E-state index contributed by atoms with van der Waals surface area (Å²) in [7, 11) is 0. The van der Waals surface area contributed by atoms with E-state index in [1.165, 1.54) is 0 Å². The molecule has 2 heterocycles. The van der Waals surface area contributed by atoms with Crippen molar-refractivity contribution in [2.24, 2.45) is 4.99 Å². The molecule has 0 radical (unpaired) electrons. The van der Waals surface area contributed by atoms with Gasteiger partial charge in [0.15, 0.2) is 5.96 Å². The zero-order chi connectivity index (χ0) is 17.9. The van der Waals surface area contributed by atoms with E-state index in [0.29, 0.717) is 25.1 Å². The number of nitrogens with one attached hydrogen (secondary N) is 2. The molecular formula is C18H32IN5O2. The van der Waals surface area contributed by atoms with E-state index in [9.17, 15) is 0 Å². The van der Waals surface area contributed by atoms with Crippen LogP contribution in [0.25, 0.3) is 0 Å². The van der Waals surface area contributed by atoms with Crippen molar-refractivity contribution in [3.05, 3.63) is 23.9 Å². The topological polar surface area (TPSA) is 71.0 Å². The summed E-state index contributed by atoms with van der Waals surface area (Å²) in [5.74, 6) is 1.47. The van der Waals surface area contributed by atoms with Gasteiger partial charge in [-0.15, -0.1) is 24.0 Å². The molecule has 1 saturated heterocycles. The zero-order valence-electron chi connectivity index (χ0n) is 16.0. The molecule has 7 nitrogen and oxygen atoms in total. The largest absolute Gasteiger partial charge is 0.478 e. The van der Waals surface area contributed by atoms with Crippen molar-refractivity contribution < 1.29 is 9.47 Å². The van der Waals surface area contributed by atoms with Crippen molar-refractivity contribution in [3.63, 3.8) is 0 Å². The van der Waals surface area contributed by atoms with Gasteiger partial charge in [-0.3, -0.25) is 4.90 Å². The number of rotatable bonds is 8. The van der Waals surface area contributed by atoms with Crippen LogP contribution in [0.5, 0.6) is 5.88 Å². The van der Waals surface area contributed by atoms with Crippen LogP contribution >= 0.6 is 24.0 Å². The van der Waals surface area contributed by atoms with E-state index in [-0.39, 0.29) is 24.0 Å². The Morgan fingerprint density at radius 1 is 1.35 bits per heavy atom. The van der Waals surface area contributed by atoms with Gasteiger partial charge in [0.1, 0.15) is 0 Å². The van der Waals surface area contributed by atoms with E-state index < -0.39 is 0 Å². The molecule has 0 aliphatic carbocycles. The molecule has 1 aromatic heterocycles. The van der Waals surface area contributed by atoms with Gasteiger partial charge in [0.2, 0.25) is 5.88 Å². The maximum absolute atomic E-state index is 5.57. The van der Waals surface area contributed by atoms with Crippen molar-refractivity contribution in [1.29, 1.82) is 0 Å². The fraction of sp³-hybridized carbons (Fsp3) is 0.667. The van der Waals surface area contributed by atoms with Gasteiger partial charge in [-0.05, 0) is 26.8 Å². The Balaban J connectivity index is 0.00000338. The smallest absolute Gasteiger partial charge is 0.218 e. The first-order valence-corrected chi connectivity index (χ1v) is 9.15. The van der Waals surface area contributed by atoms with Crippen molar-refractivity contribution in [1.82, 2.24) is 20.5 Å². The van der Waals surface area contributed by atoms with Gasteiger partial charge in [0.05, 0.1) is 26.4 Å². The summed E-state index contributed by atoms with van der Waals surface area (Å²) in [6.45, 7) is 12.7. The Kier molecular flexibility index (Phi) is 11.5. The first-order chi connectivity index (χ1) is 12.2. The number of aromatic nitrogens is 1. The molecule has 1 aromatic rings. The lowest BCUT2D eigenvalue weighted by atomic mass is 10.2. The molecule has 8 heteroatoms. The molecule has 0 aromatic carbocycles. The molecule has 148 valence electrons. The molecule has 0 spiro atoms. The summed E-state index contributed by atoms with van der Waals surface area (Å²) in [4.78, 5) is 11.4. The van der Waals surface area contributed by atoms with Gasteiger partial charge >= 0.3 is 0 Å². The van der Waals surface area contributed by atoms with Gasteiger partial charge in [-0.1, -0.05) is 6.07 Å². The lowest BCUT2D eigenvalue weighted by molar-refractivity contribution is 0.0211. The summed E-state index contributed by atoms with van der Waals surface area (Å²) in [5.41, 5.74) is 0.989. The SMILES string of the molecule is CCNC(=NCc1cccnc1OCC)NCC(C)N1CCOCC1.I. The first-order valence-electron chi connectivity index (χ1n) is 9.15. The molecule has 1 aliphatic heterocycles. The third-order valence-corrected chi connectivity index (χ3v) is 4.12. The molecular weight excluding hydrogens is 445 g/mol. The predicted molar refractivity (Wildman–Crippen MR) is 115 cm³/mol. The van der Waals surface area contributed by atoms with E-state index in [2.05, 4.69) is 39.4 Å². The zero-order valence-corrected chi connectivity index (χ0v) is 18.4. The second-order valence-electron chi connectivity index (χ2n) is 5.97. The van der Waals surface area contributed by atoms with Crippen molar-refractivity contribution in [2.45, 2.75) is 33.4 Å². The maximum Gasteiger partial charge on any atom is 0.218 e. The van der Waals surface area contributed by atoms with Crippen molar-refractivity contribution in [2.75, 3.05) is 46.0 Å². The Bertz CT molecular complexity index is 538. The fourth-order valence-electron chi connectivity index (χ4n) is 2.71. The van der Waals surface area contributed by atoms with Gasteiger partial charge in [0.25, 0.3) is 0 Å². The molecule has 26 heavy (non-hydrogen) atoms. The minimum absolute atomic E-state index is 0. The average Bonchev–Trinajstić information content (AvgIpc) is 2.65. The number of pyridine rings is 1. The summed E-state index contributed by atoms with van der Waals surface area (Å²) in [6, 6.07) is 4.35. The first kappa shape index (κ1) is 22.9. The van der Waals surface area contributed by atoms with E-state index in [0.717, 1.165) is 50.9 Å². The quantitative estimate of drug-likeness (QED) is 0.339. The van der Waals surface area contributed by atoms with E-state index in [1.807, 2.05) is 19.1 Å².